The number of hydrogen-bond donors (Lipinski definition) is 1. The standard InChI is InChI=1S/C16H29NO3/c1-11(2)8-7-9-20-16(19)15(13(5)6)17-14(18)10-12(3)4/h10-11,13,15H,7-9H2,1-6H3,(H,17,18). The van der Waals surface area contributed by atoms with E-state index in [1.807, 2.05) is 27.7 Å². The van der Waals surface area contributed by atoms with Crippen LogP contribution in [-0.4, -0.2) is 24.5 Å². The molecule has 0 saturated carbocycles. The van der Waals surface area contributed by atoms with Gasteiger partial charge >= 0.3 is 5.97 Å². The van der Waals surface area contributed by atoms with Crippen LogP contribution in [0.3, 0.4) is 0 Å². The molecule has 1 atom stereocenters. The van der Waals surface area contributed by atoms with Gasteiger partial charge < -0.3 is 10.1 Å². The van der Waals surface area contributed by atoms with Crippen LogP contribution in [0.25, 0.3) is 0 Å². The Hall–Kier alpha value is -1.32. The minimum absolute atomic E-state index is 0.00195. The number of carbonyl (C=O) groups excluding carboxylic acids is 2. The molecule has 0 spiro atoms. The maximum Gasteiger partial charge on any atom is 0.328 e. The Bertz CT molecular complexity index is 342. The molecule has 20 heavy (non-hydrogen) atoms. The van der Waals surface area contributed by atoms with E-state index in [1.165, 1.54) is 6.08 Å². The number of carbonyl (C=O) groups is 2. The van der Waals surface area contributed by atoms with Crippen LogP contribution in [0.5, 0.6) is 0 Å². The lowest BCUT2D eigenvalue weighted by Gasteiger charge is -2.20. The number of ether oxygens (including phenoxy) is 1. The van der Waals surface area contributed by atoms with Crippen LogP contribution in [0.15, 0.2) is 11.6 Å². The monoisotopic (exact) mass is 283 g/mol. The second-order valence-electron chi connectivity index (χ2n) is 6.16. The van der Waals surface area contributed by atoms with Crippen molar-refractivity contribution >= 4 is 11.9 Å². The molecule has 4 heteroatoms. The van der Waals surface area contributed by atoms with Crippen LogP contribution in [-0.2, 0) is 14.3 Å². The maximum absolute atomic E-state index is 12.0. The molecule has 0 aliphatic carbocycles. The summed E-state index contributed by atoms with van der Waals surface area (Å²) in [6.45, 7) is 12.2. The van der Waals surface area contributed by atoms with Gasteiger partial charge in [0.25, 0.3) is 0 Å². The van der Waals surface area contributed by atoms with E-state index in [-0.39, 0.29) is 17.8 Å². The van der Waals surface area contributed by atoms with E-state index in [0.29, 0.717) is 12.5 Å². The normalized spacial score (nSPS) is 12.2. The van der Waals surface area contributed by atoms with Crippen molar-refractivity contribution in [3.05, 3.63) is 11.6 Å². The zero-order chi connectivity index (χ0) is 15.7. The highest BCUT2D eigenvalue weighted by Crippen LogP contribution is 2.07. The molecule has 1 unspecified atom stereocenters. The van der Waals surface area contributed by atoms with Crippen molar-refractivity contribution in [1.82, 2.24) is 5.32 Å². The molecule has 0 radical (unpaired) electrons. The average Bonchev–Trinajstić information content (AvgIpc) is 2.29. The van der Waals surface area contributed by atoms with E-state index in [2.05, 4.69) is 19.2 Å². The average molecular weight is 283 g/mol. The Kier molecular flexibility index (Phi) is 8.93. The largest absolute Gasteiger partial charge is 0.464 e. The Labute approximate surface area is 123 Å². The maximum atomic E-state index is 12.0. The highest BCUT2D eigenvalue weighted by Gasteiger charge is 2.24. The number of esters is 1. The van der Waals surface area contributed by atoms with E-state index in [4.69, 9.17) is 4.74 Å². The molecule has 0 heterocycles. The minimum Gasteiger partial charge on any atom is -0.464 e. The summed E-state index contributed by atoms with van der Waals surface area (Å²) < 4.78 is 5.25. The van der Waals surface area contributed by atoms with Gasteiger partial charge in [-0.2, -0.15) is 0 Å². The molecule has 116 valence electrons. The molecule has 0 aliphatic heterocycles. The lowest BCUT2D eigenvalue weighted by molar-refractivity contribution is -0.149. The van der Waals surface area contributed by atoms with Gasteiger partial charge in [0.15, 0.2) is 0 Å². The Morgan fingerprint density at radius 3 is 2.20 bits per heavy atom. The van der Waals surface area contributed by atoms with Crippen molar-refractivity contribution in [1.29, 1.82) is 0 Å². The zero-order valence-electron chi connectivity index (χ0n) is 13.7. The van der Waals surface area contributed by atoms with Gasteiger partial charge in [-0.1, -0.05) is 33.3 Å². The molecule has 0 rings (SSSR count). The molecular weight excluding hydrogens is 254 g/mol. The van der Waals surface area contributed by atoms with Crippen molar-refractivity contribution < 1.29 is 14.3 Å². The van der Waals surface area contributed by atoms with Crippen LogP contribution in [0.1, 0.15) is 54.4 Å². The number of amides is 1. The van der Waals surface area contributed by atoms with Crippen LogP contribution in [0.4, 0.5) is 0 Å². The van der Waals surface area contributed by atoms with Gasteiger partial charge in [0.2, 0.25) is 5.91 Å². The fourth-order valence-electron chi connectivity index (χ4n) is 1.71. The van der Waals surface area contributed by atoms with E-state index in [9.17, 15) is 9.59 Å². The van der Waals surface area contributed by atoms with Crippen LogP contribution >= 0.6 is 0 Å². The van der Waals surface area contributed by atoms with E-state index >= 15 is 0 Å². The van der Waals surface area contributed by atoms with Gasteiger partial charge in [-0.25, -0.2) is 4.79 Å². The first-order chi connectivity index (χ1) is 9.23. The summed E-state index contributed by atoms with van der Waals surface area (Å²) in [5, 5.41) is 2.71. The van der Waals surface area contributed by atoms with Crippen molar-refractivity contribution in [2.24, 2.45) is 11.8 Å². The lowest BCUT2D eigenvalue weighted by atomic mass is 10.0. The van der Waals surface area contributed by atoms with Crippen LogP contribution in [0.2, 0.25) is 0 Å². The first-order valence-corrected chi connectivity index (χ1v) is 7.36. The van der Waals surface area contributed by atoms with E-state index in [1.54, 1.807) is 0 Å². The van der Waals surface area contributed by atoms with Crippen molar-refractivity contribution in [3.63, 3.8) is 0 Å². The molecule has 0 bridgehead atoms. The van der Waals surface area contributed by atoms with Crippen LogP contribution < -0.4 is 5.32 Å². The fraction of sp³-hybridized carbons (Fsp3) is 0.750. The van der Waals surface area contributed by atoms with Gasteiger partial charge in [0.05, 0.1) is 6.61 Å². The predicted molar refractivity (Wildman–Crippen MR) is 81.2 cm³/mol. The fourth-order valence-corrected chi connectivity index (χ4v) is 1.71. The van der Waals surface area contributed by atoms with Crippen molar-refractivity contribution in [3.8, 4) is 0 Å². The van der Waals surface area contributed by atoms with Crippen LogP contribution in [0, 0.1) is 11.8 Å². The summed E-state index contributed by atoms with van der Waals surface area (Å²) in [4.78, 5) is 23.7. The number of nitrogens with one attached hydrogen (secondary N) is 1. The highest BCUT2D eigenvalue weighted by molar-refractivity contribution is 5.92. The molecular formula is C16H29NO3. The third kappa shape index (κ3) is 8.73. The number of hydrogen-bond acceptors (Lipinski definition) is 3. The SMILES string of the molecule is CC(C)=CC(=O)NC(C(=O)OCCCC(C)C)C(C)C. The summed E-state index contributed by atoms with van der Waals surface area (Å²) in [6, 6.07) is -0.586. The molecule has 0 aliphatic rings. The highest BCUT2D eigenvalue weighted by atomic mass is 16.5. The third-order valence-corrected chi connectivity index (χ3v) is 2.81. The summed E-state index contributed by atoms with van der Waals surface area (Å²) in [6.07, 6.45) is 3.38. The molecule has 1 N–H and O–H groups in total. The van der Waals surface area contributed by atoms with Crippen molar-refractivity contribution in [2.75, 3.05) is 6.61 Å². The summed E-state index contributed by atoms with van der Waals surface area (Å²) in [5.41, 5.74) is 0.898. The Morgan fingerprint density at radius 2 is 1.75 bits per heavy atom. The number of rotatable bonds is 8. The number of allylic oxidation sites excluding steroid dienone is 1. The van der Waals surface area contributed by atoms with Crippen molar-refractivity contribution in [2.45, 2.75) is 60.4 Å². The zero-order valence-corrected chi connectivity index (χ0v) is 13.7. The summed E-state index contributed by atoms with van der Waals surface area (Å²) in [7, 11) is 0. The van der Waals surface area contributed by atoms with Gasteiger partial charge in [-0.05, 0) is 38.5 Å². The summed E-state index contributed by atoms with van der Waals surface area (Å²) in [5.74, 6) is 0.0103. The predicted octanol–water partition coefficient (Wildman–Crippen LogP) is 3.07. The second kappa shape index (κ2) is 9.56. The Morgan fingerprint density at radius 1 is 1.15 bits per heavy atom. The van der Waals surface area contributed by atoms with Gasteiger partial charge in [0.1, 0.15) is 6.04 Å². The molecule has 0 aromatic heterocycles. The Balaban J connectivity index is 4.34. The van der Waals surface area contributed by atoms with Gasteiger partial charge in [0, 0.05) is 6.08 Å². The first-order valence-electron chi connectivity index (χ1n) is 7.36. The minimum atomic E-state index is -0.586. The van der Waals surface area contributed by atoms with E-state index in [0.717, 1.165) is 18.4 Å². The quantitative estimate of drug-likeness (QED) is 0.423. The van der Waals surface area contributed by atoms with Gasteiger partial charge in [-0.15, -0.1) is 0 Å². The van der Waals surface area contributed by atoms with Gasteiger partial charge in [-0.3, -0.25) is 4.79 Å². The van der Waals surface area contributed by atoms with E-state index < -0.39 is 6.04 Å². The molecule has 0 aromatic carbocycles. The topological polar surface area (TPSA) is 55.4 Å². The molecule has 0 fully saturated rings. The third-order valence-electron chi connectivity index (χ3n) is 2.81. The first kappa shape index (κ1) is 18.7. The smallest absolute Gasteiger partial charge is 0.328 e. The molecule has 1 amide bonds. The molecule has 0 aromatic rings. The molecule has 0 saturated heterocycles. The molecule has 4 nitrogen and oxygen atoms in total. The second-order valence-corrected chi connectivity index (χ2v) is 6.16. The lowest BCUT2D eigenvalue weighted by Crippen LogP contribution is -2.44. The summed E-state index contributed by atoms with van der Waals surface area (Å²) >= 11 is 0.